The second kappa shape index (κ2) is 8.29. The lowest BCUT2D eigenvalue weighted by Crippen LogP contribution is -2.36. The van der Waals surface area contributed by atoms with Crippen LogP contribution in [0.5, 0.6) is 5.75 Å². The van der Waals surface area contributed by atoms with Crippen LogP contribution in [0.2, 0.25) is 0 Å². The molecule has 1 aromatic heterocycles. The van der Waals surface area contributed by atoms with E-state index in [4.69, 9.17) is 4.74 Å². The fourth-order valence-corrected chi connectivity index (χ4v) is 3.32. The Kier molecular flexibility index (Phi) is 6.37. The zero-order valence-corrected chi connectivity index (χ0v) is 15.9. The molecule has 1 aromatic carbocycles. The fourth-order valence-electron chi connectivity index (χ4n) is 2.62. The molecule has 0 unspecified atom stereocenters. The van der Waals surface area contributed by atoms with Gasteiger partial charge in [-0.2, -0.15) is 0 Å². The number of amides is 1. The zero-order chi connectivity index (χ0) is 17.7. The third kappa shape index (κ3) is 5.06. The van der Waals surface area contributed by atoms with E-state index in [-0.39, 0.29) is 11.9 Å². The van der Waals surface area contributed by atoms with Crippen molar-refractivity contribution in [2.24, 2.45) is 0 Å². The summed E-state index contributed by atoms with van der Waals surface area (Å²) in [6.45, 7) is 10.9. The molecular weight excluding hydrogens is 320 g/mol. The Morgan fingerprint density at radius 3 is 2.54 bits per heavy atom. The Morgan fingerprint density at radius 1 is 1.29 bits per heavy atom. The number of aryl methyl sites for hydroxylation is 2. The van der Waals surface area contributed by atoms with Crippen LogP contribution in [0.25, 0.3) is 0 Å². The number of carbonyl (C=O) groups is 1. The van der Waals surface area contributed by atoms with E-state index in [1.165, 1.54) is 11.1 Å². The third-order valence-corrected chi connectivity index (χ3v) is 4.89. The Morgan fingerprint density at radius 2 is 1.96 bits per heavy atom. The number of ether oxygens (including phenoxy) is 1. The van der Waals surface area contributed by atoms with Gasteiger partial charge in [0.1, 0.15) is 17.4 Å². The summed E-state index contributed by atoms with van der Waals surface area (Å²) in [5, 5.41) is 2.94. The number of carbonyl (C=O) groups excluding carboxylic acids is 1. The molecule has 130 valence electrons. The first-order valence-electron chi connectivity index (χ1n) is 8.30. The molecule has 2 rings (SSSR count). The minimum absolute atomic E-state index is 0.0883. The first-order chi connectivity index (χ1) is 11.4. The van der Waals surface area contributed by atoms with Crippen molar-refractivity contribution in [3.63, 3.8) is 0 Å². The molecule has 0 fully saturated rings. The van der Waals surface area contributed by atoms with Gasteiger partial charge in [-0.15, -0.1) is 11.3 Å². The molecule has 0 radical (unpaired) electrons. The molecule has 1 amide bonds. The normalized spacial score (nSPS) is 12.0. The number of aromatic nitrogens is 1. The molecule has 0 saturated carbocycles. The van der Waals surface area contributed by atoms with Crippen LogP contribution in [0.3, 0.4) is 0 Å². The lowest BCUT2D eigenvalue weighted by Gasteiger charge is -2.26. The van der Waals surface area contributed by atoms with Gasteiger partial charge in [-0.25, -0.2) is 4.98 Å². The summed E-state index contributed by atoms with van der Waals surface area (Å²) >= 11 is 1.58. The van der Waals surface area contributed by atoms with Crippen LogP contribution in [-0.4, -0.2) is 21.8 Å². The van der Waals surface area contributed by atoms with E-state index in [0.29, 0.717) is 13.2 Å². The summed E-state index contributed by atoms with van der Waals surface area (Å²) in [5.41, 5.74) is 3.31. The van der Waals surface area contributed by atoms with Gasteiger partial charge in [0.05, 0.1) is 12.2 Å². The predicted octanol–water partition coefficient (Wildman–Crippen LogP) is 4.49. The molecule has 0 aliphatic heterocycles. The molecule has 1 heterocycles. The Hall–Kier alpha value is -1.88. The van der Waals surface area contributed by atoms with Crippen molar-refractivity contribution in [3.05, 3.63) is 45.4 Å². The van der Waals surface area contributed by atoms with Gasteiger partial charge in [-0.3, -0.25) is 4.79 Å². The van der Waals surface area contributed by atoms with E-state index in [2.05, 4.69) is 38.7 Å². The highest BCUT2D eigenvalue weighted by atomic mass is 32.1. The summed E-state index contributed by atoms with van der Waals surface area (Å²) in [6.07, 6.45) is 0.937. The highest BCUT2D eigenvalue weighted by molar-refractivity contribution is 7.09. The van der Waals surface area contributed by atoms with Crippen LogP contribution >= 0.6 is 11.3 Å². The second-order valence-electron chi connectivity index (χ2n) is 6.25. The summed E-state index contributed by atoms with van der Waals surface area (Å²) in [6, 6.07) is 6.41. The number of rotatable bonds is 7. The smallest absolute Gasteiger partial charge is 0.220 e. The van der Waals surface area contributed by atoms with Gasteiger partial charge in [0.15, 0.2) is 0 Å². The maximum atomic E-state index is 11.8. The lowest BCUT2D eigenvalue weighted by molar-refractivity contribution is -0.131. The summed E-state index contributed by atoms with van der Waals surface area (Å²) in [5.74, 6) is 0.958. The van der Waals surface area contributed by atoms with Crippen molar-refractivity contribution in [3.8, 4) is 5.75 Å². The van der Waals surface area contributed by atoms with E-state index in [1.807, 2.05) is 22.4 Å². The molecule has 0 spiro atoms. The van der Waals surface area contributed by atoms with Crippen molar-refractivity contribution in [1.29, 1.82) is 0 Å². The van der Waals surface area contributed by atoms with E-state index in [1.54, 1.807) is 18.3 Å². The number of hydrogen-bond donors (Lipinski definition) is 0. The van der Waals surface area contributed by atoms with E-state index < -0.39 is 0 Å². The van der Waals surface area contributed by atoms with Crippen LogP contribution < -0.4 is 4.74 Å². The predicted molar refractivity (Wildman–Crippen MR) is 98.3 cm³/mol. The largest absolute Gasteiger partial charge is 0.486 e. The fraction of sp³-hybridized carbons (Fsp3) is 0.474. The monoisotopic (exact) mass is 346 g/mol. The summed E-state index contributed by atoms with van der Waals surface area (Å²) < 4.78 is 5.86. The van der Waals surface area contributed by atoms with Gasteiger partial charge >= 0.3 is 0 Å². The molecule has 0 aliphatic carbocycles. The quantitative estimate of drug-likeness (QED) is 0.742. The molecule has 4 nitrogen and oxygen atoms in total. The van der Waals surface area contributed by atoms with Crippen LogP contribution in [0.4, 0.5) is 0 Å². The molecule has 0 aliphatic rings. The number of benzene rings is 1. The van der Waals surface area contributed by atoms with Crippen molar-refractivity contribution in [2.75, 3.05) is 0 Å². The van der Waals surface area contributed by atoms with Crippen molar-refractivity contribution in [2.45, 2.75) is 60.2 Å². The maximum Gasteiger partial charge on any atom is 0.220 e. The van der Waals surface area contributed by atoms with E-state index >= 15 is 0 Å². The first kappa shape index (κ1) is 18.5. The number of nitrogens with zero attached hydrogens (tertiary/aromatic N) is 2. The van der Waals surface area contributed by atoms with Gasteiger partial charge in [-0.05, 0) is 50.5 Å². The van der Waals surface area contributed by atoms with Crippen molar-refractivity contribution < 1.29 is 9.53 Å². The highest BCUT2D eigenvalue weighted by Crippen LogP contribution is 2.20. The Balaban J connectivity index is 1.98. The van der Waals surface area contributed by atoms with Crippen LogP contribution in [-0.2, 0) is 17.9 Å². The van der Waals surface area contributed by atoms with Crippen molar-refractivity contribution in [1.82, 2.24) is 9.88 Å². The maximum absolute atomic E-state index is 11.8. The molecule has 0 N–H and O–H groups in total. The molecule has 1 atom stereocenters. The average molecular weight is 346 g/mol. The SMILES string of the molecule is CC[C@H](C)N(Cc1csc(COc2cc(C)cc(C)c2)n1)C(C)=O. The van der Waals surface area contributed by atoms with Gasteiger partial charge in [0, 0.05) is 18.3 Å². The molecule has 5 heteroatoms. The minimum Gasteiger partial charge on any atom is -0.486 e. The lowest BCUT2D eigenvalue weighted by atomic mass is 10.1. The number of thiazole rings is 1. The zero-order valence-electron chi connectivity index (χ0n) is 15.1. The molecule has 0 saturated heterocycles. The summed E-state index contributed by atoms with van der Waals surface area (Å²) in [7, 11) is 0. The van der Waals surface area contributed by atoms with E-state index in [9.17, 15) is 4.79 Å². The van der Waals surface area contributed by atoms with Crippen LogP contribution in [0, 0.1) is 13.8 Å². The Bertz CT molecular complexity index is 676. The third-order valence-electron chi connectivity index (χ3n) is 4.02. The van der Waals surface area contributed by atoms with Crippen LogP contribution in [0.15, 0.2) is 23.6 Å². The topological polar surface area (TPSA) is 42.4 Å². The first-order valence-corrected chi connectivity index (χ1v) is 9.18. The van der Waals surface area contributed by atoms with Crippen LogP contribution in [0.1, 0.15) is 49.0 Å². The van der Waals surface area contributed by atoms with Crippen molar-refractivity contribution >= 4 is 17.2 Å². The number of hydrogen-bond acceptors (Lipinski definition) is 4. The minimum atomic E-state index is 0.0883. The van der Waals surface area contributed by atoms with Gasteiger partial charge in [0.25, 0.3) is 0 Å². The average Bonchev–Trinajstić information content (AvgIpc) is 2.96. The highest BCUT2D eigenvalue weighted by Gasteiger charge is 2.17. The molecule has 0 bridgehead atoms. The molecular formula is C19H26N2O2S. The standard InChI is InChI=1S/C19H26N2O2S/c1-6-15(4)21(16(5)22)10-17-12-24-19(20-17)11-23-18-8-13(2)7-14(3)9-18/h7-9,12,15H,6,10-11H2,1-5H3/t15-/m0/s1. The molecule has 2 aromatic rings. The van der Waals surface area contributed by atoms with Gasteiger partial charge in [0.2, 0.25) is 5.91 Å². The van der Waals surface area contributed by atoms with Gasteiger partial charge in [-0.1, -0.05) is 13.0 Å². The molecule has 24 heavy (non-hydrogen) atoms. The summed E-state index contributed by atoms with van der Waals surface area (Å²) in [4.78, 5) is 18.3. The van der Waals surface area contributed by atoms with E-state index in [0.717, 1.165) is 22.9 Å². The Labute approximate surface area is 148 Å². The van der Waals surface area contributed by atoms with Gasteiger partial charge < -0.3 is 9.64 Å². The second-order valence-corrected chi connectivity index (χ2v) is 7.19.